The minimum atomic E-state index is -0.985. The first kappa shape index (κ1) is 89.6. The van der Waals surface area contributed by atoms with Crippen LogP contribution in [-0.2, 0) is 40.7 Å². The van der Waals surface area contributed by atoms with Crippen LogP contribution in [0.4, 0.5) is 22.7 Å². The fraction of sp³-hybridized carbons (Fsp3) is 0.429. The molecule has 24 heteroatoms. The number of hydrogen-bond acceptors (Lipinski definition) is 19. The van der Waals surface area contributed by atoms with Crippen LogP contribution in [0.15, 0.2) is 121 Å². The summed E-state index contributed by atoms with van der Waals surface area (Å²) in [4.78, 5) is 76.9. The van der Waals surface area contributed by atoms with E-state index in [4.69, 9.17) is 50.5 Å². The van der Waals surface area contributed by atoms with E-state index in [-0.39, 0.29) is 38.8 Å². The molecule has 1 amide bonds. The zero-order chi connectivity index (χ0) is 80.8. The normalized spacial score (nSPS) is 13.2. The Kier molecular flexibility index (Phi) is 33.6. The van der Waals surface area contributed by atoms with Crippen LogP contribution in [0.25, 0.3) is 21.5 Å². The zero-order valence-corrected chi connectivity index (χ0v) is 69.1. The Morgan fingerprint density at radius 2 is 0.861 bits per heavy atom. The highest BCUT2D eigenvalue weighted by Gasteiger charge is 2.28. The van der Waals surface area contributed by atoms with Gasteiger partial charge in [-0.05, 0) is 158 Å². The summed E-state index contributed by atoms with van der Waals surface area (Å²) in [5, 5.41) is 35.9. The first-order valence-corrected chi connectivity index (χ1v) is 38.1. The van der Waals surface area contributed by atoms with E-state index in [9.17, 15) is 44.5 Å². The number of halogens is 2. The lowest BCUT2D eigenvalue weighted by atomic mass is 9.85. The number of hydrogen-bond donors (Lipinski definition) is 3. The molecule has 8 aromatic carbocycles. The van der Waals surface area contributed by atoms with Crippen molar-refractivity contribution in [2.75, 3.05) is 116 Å². The van der Waals surface area contributed by atoms with Crippen LogP contribution >= 0.6 is 34.2 Å². The number of fused-ring (bicyclic) bond motifs is 2. The highest BCUT2D eigenvalue weighted by molar-refractivity contribution is 14.1. The van der Waals surface area contributed by atoms with Gasteiger partial charge < -0.3 is 49.3 Å². The number of ketones is 2. The van der Waals surface area contributed by atoms with E-state index >= 15 is 0 Å². The highest BCUT2D eigenvalue weighted by Crippen LogP contribution is 2.40. The quantitative estimate of drug-likeness (QED) is 0.0105. The van der Waals surface area contributed by atoms with Crippen LogP contribution in [0.5, 0.6) is 34.5 Å². The summed E-state index contributed by atoms with van der Waals surface area (Å²) in [6.07, 6.45) is 0. The Bertz CT molecular complexity index is 4430. The number of nitrogens with two attached hydrogens (primary N) is 1. The third kappa shape index (κ3) is 25.0. The molecule has 2 fully saturated rings. The van der Waals surface area contributed by atoms with Crippen LogP contribution in [0.1, 0.15) is 148 Å². The number of anilines is 2. The van der Waals surface area contributed by atoms with Gasteiger partial charge in [0.25, 0.3) is 16.9 Å². The average molecular weight is 1620 g/mol. The number of rotatable bonds is 18. The van der Waals surface area contributed by atoms with E-state index in [0.29, 0.717) is 69.4 Å². The van der Waals surface area contributed by atoms with Gasteiger partial charge in [-0.25, -0.2) is 0 Å². The molecule has 0 unspecified atom stereocenters. The maximum absolute atomic E-state index is 13.3. The lowest BCUT2D eigenvalue weighted by molar-refractivity contribution is -0.386. The molecule has 22 nitrogen and oxygen atoms in total. The van der Waals surface area contributed by atoms with Gasteiger partial charge in [0, 0.05) is 73.3 Å². The van der Waals surface area contributed by atoms with Gasteiger partial charge in [-0.1, -0.05) is 178 Å². The van der Waals surface area contributed by atoms with Gasteiger partial charge in [0.1, 0.15) is 36.2 Å². The number of amides is 1. The number of phenols is 1. The third-order valence-corrected chi connectivity index (χ3v) is 18.2. The second-order valence-corrected chi connectivity index (χ2v) is 30.5. The molecule has 0 aromatic heterocycles. The number of nitrogens with one attached hydrogen (secondary N) is 1. The van der Waals surface area contributed by atoms with Crippen LogP contribution < -0.4 is 34.7 Å². The highest BCUT2D eigenvalue weighted by atomic mass is 127. The molecule has 0 saturated carbocycles. The number of nitrogens with zero attached hydrogens (tertiary/aromatic N) is 4. The summed E-state index contributed by atoms with van der Waals surface area (Å²) < 4.78 is 38.5. The fourth-order valence-electron chi connectivity index (χ4n) is 11.8. The second kappa shape index (κ2) is 40.5. The number of nitro groups is 2. The Balaban J connectivity index is 0.000000255. The summed E-state index contributed by atoms with van der Waals surface area (Å²) >= 11 is 7.49. The minimum absolute atomic E-state index is 0.0347. The number of alkyl halides is 1. The molecule has 10 rings (SSSR count). The Morgan fingerprint density at radius 3 is 1.24 bits per heavy atom. The van der Waals surface area contributed by atoms with Crippen molar-refractivity contribution in [3.8, 4) is 34.5 Å². The standard InChI is InChI=1S/C30H36N2O5.C18H18ClNO4.C12H17NO3.C12H19NO.C11H15NO3.CH3I/c1-20-18-21(30(2,3)4)19-25(28(20)35-5)31-29(34)27(33)24-10-11-26(23-9-7-6-8-22(23)24)37-17-14-32-12-15-36-16-13-32;19-18(22)17(21)15-5-6-16(14-4-2-1-3-13(14)15)24-12-9-20-7-10-23-11-8-20;1-8-6-9(12(2,3)4)7-10(13(14)15)11(8)16-5;1-8-6-9(12(2,3)4)7-10(13)11(8)14-5;1-7-5-8(11(2,3)4)6-9(10(7)13)12(14)15;1-2/h6-11,18-19H,12-17H2,1-5H3,(H,31,34);1-6H,7-12H2;6-7H,1-5H3;6-7H,13H2,1-5H3;5-6,13H,1-4H3;1H3. The number of ether oxygens (including phenoxy) is 7. The molecular formula is C84H108ClIN6O16. The second-order valence-electron chi connectivity index (χ2n) is 30.1. The van der Waals surface area contributed by atoms with Gasteiger partial charge in [-0.15, -0.1) is 0 Å². The summed E-state index contributed by atoms with van der Waals surface area (Å²) in [7, 11) is 4.66. The van der Waals surface area contributed by atoms with Gasteiger partial charge in [-0.3, -0.25) is 49.2 Å². The number of nitro benzene ring substituents is 2. The number of carbonyl (C=O) groups is 4. The van der Waals surface area contributed by atoms with Crippen molar-refractivity contribution < 1.29 is 67.3 Å². The molecule has 0 atom stereocenters. The lowest BCUT2D eigenvalue weighted by Crippen LogP contribution is -2.38. The van der Waals surface area contributed by atoms with Gasteiger partial charge in [0.05, 0.1) is 69.0 Å². The van der Waals surface area contributed by atoms with E-state index in [1.165, 1.54) is 18.7 Å². The molecule has 4 N–H and O–H groups in total. The number of carbonyl (C=O) groups excluding carboxylic acids is 4. The van der Waals surface area contributed by atoms with Crippen molar-refractivity contribution in [2.45, 2.75) is 132 Å². The summed E-state index contributed by atoms with van der Waals surface area (Å²) in [5.74, 6) is 0.792. The number of aryl methyl sites for hydroxylation is 4. The maximum atomic E-state index is 13.3. The SMILES string of the molecule is CI.COc1c(C)cc(C(C)(C)C)cc1N.COc1c(C)cc(C(C)(C)C)cc1NC(=O)C(=O)c1ccc(OCCN2CCOCC2)c2ccccc12.COc1c(C)cc(C(C)(C)C)cc1[N+](=O)[O-].Cc1cc(C(C)(C)C)cc([N+](=O)[O-])c1O.O=C(Cl)C(=O)c1ccc(OCCN2CCOCC2)c2ccccc12. The number of methoxy groups -OCH3 is 3. The van der Waals surface area contributed by atoms with Gasteiger partial charge in [0.2, 0.25) is 5.78 Å². The topological polar surface area (TPSA) is 284 Å². The first-order chi connectivity index (χ1) is 50.7. The van der Waals surface area contributed by atoms with Gasteiger partial charge in [-0.2, -0.15) is 0 Å². The summed E-state index contributed by atoms with van der Waals surface area (Å²) in [5.41, 5.74) is 14.7. The predicted octanol–water partition coefficient (Wildman–Crippen LogP) is 17.5. The summed E-state index contributed by atoms with van der Waals surface area (Å²) in [6.45, 7) is 41.6. The fourth-order valence-corrected chi connectivity index (χ4v) is 11.9. The number of phenolic OH excluding ortho intramolecular Hbond substituents is 1. The lowest BCUT2D eigenvalue weighted by Gasteiger charge is -2.26. The van der Waals surface area contributed by atoms with Crippen molar-refractivity contribution >= 4 is 101 Å². The van der Waals surface area contributed by atoms with Crippen LogP contribution in [0.2, 0.25) is 0 Å². The monoisotopic (exact) mass is 1620 g/mol. The molecule has 8 aromatic rings. The third-order valence-electron chi connectivity index (χ3n) is 18.0. The molecule has 2 aliphatic heterocycles. The largest absolute Gasteiger partial charge is 0.502 e. The van der Waals surface area contributed by atoms with E-state index < -0.39 is 32.6 Å². The van der Waals surface area contributed by atoms with Crippen molar-refractivity contribution in [1.82, 2.24) is 9.80 Å². The average Bonchev–Trinajstić information content (AvgIpc) is 0.768. The van der Waals surface area contributed by atoms with E-state index in [1.54, 1.807) is 63.6 Å². The first-order valence-electron chi connectivity index (χ1n) is 35.5. The Labute approximate surface area is 654 Å². The molecule has 0 aliphatic carbocycles. The van der Waals surface area contributed by atoms with Gasteiger partial charge in [0.15, 0.2) is 11.5 Å². The number of morpholine rings is 2. The van der Waals surface area contributed by atoms with Crippen molar-refractivity contribution in [3.63, 3.8) is 0 Å². The zero-order valence-electron chi connectivity index (χ0n) is 66.2. The van der Waals surface area contributed by atoms with Crippen LogP contribution in [0, 0.1) is 47.9 Å². The Hall–Kier alpha value is -8.98. The predicted molar refractivity (Wildman–Crippen MR) is 440 cm³/mol. The molecular weight excluding hydrogens is 1510 g/mol. The number of benzene rings is 8. The molecule has 2 heterocycles. The number of aromatic hydroxyl groups is 1. The minimum Gasteiger partial charge on any atom is -0.502 e. The molecule has 584 valence electrons. The van der Waals surface area contributed by atoms with Crippen LogP contribution in [-0.4, -0.2) is 153 Å². The smallest absolute Gasteiger partial charge is 0.311 e. The molecule has 2 aliphatic rings. The number of Topliss-reactive ketones (excluding diaryl/α,β-unsaturated/α-hetero) is 2. The van der Waals surface area contributed by atoms with Crippen molar-refractivity contribution in [1.29, 1.82) is 0 Å². The Morgan fingerprint density at radius 1 is 0.509 bits per heavy atom. The molecule has 0 radical (unpaired) electrons. The van der Waals surface area contributed by atoms with Crippen molar-refractivity contribution in [3.05, 3.63) is 197 Å². The van der Waals surface area contributed by atoms with Crippen molar-refractivity contribution in [2.24, 2.45) is 0 Å². The van der Waals surface area contributed by atoms with Crippen LogP contribution in [0.3, 0.4) is 0 Å². The maximum Gasteiger partial charge on any atom is 0.311 e. The molecule has 2 saturated heterocycles. The molecule has 0 bridgehead atoms. The molecule has 0 spiro atoms. The number of nitrogen functional groups attached to an aromatic ring is 1. The molecule has 108 heavy (non-hydrogen) atoms. The summed E-state index contributed by atoms with van der Waals surface area (Å²) in [6, 6.07) is 36.4. The van der Waals surface area contributed by atoms with E-state index in [1.807, 2.05) is 134 Å². The van der Waals surface area contributed by atoms with E-state index in [2.05, 4.69) is 85.3 Å². The van der Waals surface area contributed by atoms with E-state index in [0.717, 1.165) is 121 Å². The van der Waals surface area contributed by atoms with Gasteiger partial charge >= 0.3 is 11.4 Å².